The number of hydrogen-bond donors (Lipinski definition) is 3. The van der Waals surface area contributed by atoms with Gasteiger partial charge in [0, 0.05) is 6.42 Å². The Kier molecular flexibility index (Phi) is 64.8. The first-order chi connectivity index (χ1) is 41.5. The van der Waals surface area contributed by atoms with E-state index in [2.05, 4.69) is 79.9 Å². The van der Waals surface area contributed by atoms with E-state index in [9.17, 15) is 19.4 Å². The smallest absolute Gasteiger partial charge is 0.387 e. The number of likely N-dealkylation sites (N-methyl/N-ethyl adjacent to an activating group) is 1. The summed E-state index contributed by atoms with van der Waals surface area (Å²) in [4.78, 5) is 23.5. The molecule has 3 unspecified atom stereocenters. The molecule has 0 aromatic heterocycles. The molecule has 0 aromatic carbocycles. The monoisotopic (exact) mass is 1210 g/mol. The van der Waals surface area contributed by atoms with Gasteiger partial charge in [-0.05, 0) is 64.2 Å². The Morgan fingerprint density at radius 3 is 1.04 bits per heavy atom. The molecule has 0 saturated carbocycles. The van der Waals surface area contributed by atoms with Crippen LogP contribution < -0.4 is 5.32 Å². The van der Waals surface area contributed by atoms with Gasteiger partial charge in [-0.2, -0.15) is 0 Å². The molecule has 9 heteroatoms. The number of quaternary nitrogens is 1. The van der Waals surface area contributed by atoms with Crippen LogP contribution in [0.2, 0.25) is 0 Å². The summed E-state index contributed by atoms with van der Waals surface area (Å²) < 4.78 is 23.9. The van der Waals surface area contributed by atoms with Gasteiger partial charge in [0.05, 0.1) is 39.9 Å². The highest BCUT2D eigenvalue weighted by Crippen LogP contribution is 2.43. The zero-order valence-corrected chi connectivity index (χ0v) is 58.0. The van der Waals surface area contributed by atoms with Gasteiger partial charge in [0.2, 0.25) is 5.91 Å². The fourth-order valence-corrected chi connectivity index (χ4v) is 11.8. The molecule has 0 aliphatic carbocycles. The first-order valence-corrected chi connectivity index (χ1v) is 38.3. The molecule has 1 amide bonds. The number of aliphatic hydroxyl groups excluding tert-OH is 1. The number of carbonyl (C=O) groups excluding carboxylic acids is 1. The third-order valence-corrected chi connectivity index (χ3v) is 17.7. The Morgan fingerprint density at radius 1 is 0.412 bits per heavy atom. The molecular formula is C76H144N2O6P+. The minimum atomic E-state index is -4.36. The van der Waals surface area contributed by atoms with Crippen LogP contribution >= 0.6 is 7.82 Å². The molecule has 0 aliphatic rings. The number of carbonyl (C=O) groups is 1. The van der Waals surface area contributed by atoms with Gasteiger partial charge in [-0.25, -0.2) is 4.57 Å². The lowest BCUT2D eigenvalue weighted by Crippen LogP contribution is -2.45. The molecule has 0 saturated heterocycles. The third-order valence-electron chi connectivity index (χ3n) is 16.7. The maximum absolute atomic E-state index is 13.1. The zero-order chi connectivity index (χ0) is 61.9. The number of unbranched alkanes of at least 4 members (excludes halogenated alkanes) is 45. The van der Waals surface area contributed by atoms with Crippen LogP contribution in [0.15, 0.2) is 72.9 Å². The number of phosphoric acid groups is 1. The summed E-state index contributed by atoms with van der Waals surface area (Å²) in [6.45, 7) is 4.75. The molecular weight excluding hydrogens is 1070 g/mol. The summed E-state index contributed by atoms with van der Waals surface area (Å²) in [6.07, 6.45) is 93.5. The van der Waals surface area contributed by atoms with Gasteiger partial charge in [-0.15, -0.1) is 0 Å². The van der Waals surface area contributed by atoms with E-state index in [0.29, 0.717) is 17.4 Å². The third kappa shape index (κ3) is 69.3. The van der Waals surface area contributed by atoms with Crippen LogP contribution in [0.1, 0.15) is 354 Å². The summed E-state index contributed by atoms with van der Waals surface area (Å²) in [5.41, 5.74) is 0. The lowest BCUT2D eigenvalue weighted by atomic mass is 10.0. The van der Waals surface area contributed by atoms with Gasteiger partial charge in [-0.3, -0.25) is 13.8 Å². The Bertz CT molecular complexity index is 1620. The highest BCUT2D eigenvalue weighted by Gasteiger charge is 2.28. The Morgan fingerprint density at radius 2 is 0.706 bits per heavy atom. The van der Waals surface area contributed by atoms with Crippen LogP contribution in [-0.4, -0.2) is 73.4 Å². The number of nitrogens with zero attached hydrogens (tertiary/aromatic N) is 1. The van der Waals surface area contributed by atoms with Crippen LogP contribution in [0.4, 0.5) is 0 Å². The number of phosphoric ester groups is 1. The SMILES string of the molecule is CC/C=C\C/C=C\C/C=C\C/C=C\C/C=C\CCCCCCCCCCCCCCCCCCCC(=O)NC(COP(=O)(O)OCC[N+](C)(C)C)C(O)/C=C/CCCCCCCCCCCCCCCCCCCCCCCCCCCCCC. The number of allylic oxidation sites excluding steroid dienone is 11. The van der Waals surface area contributed by atoms with Gasteiger partial charge in [0.1, 0.15) is 13.2 Å². The van der Waals surface area contributed by atoms with Crippen LogP contribution in [0.5, 0.6) is 0 Å². The number of nitrogens with one attached hydrogen (secondary N) is 1. The van der Waals surface area contributed by atoms with Crippen LogP contribution in [0, 0.1) is 0 Å². The second-order valence-corrected chi connectivity index (χ2v) is 27.7. The second-order valence-electron chi connectivity index (χ2n) is 26.3. The molecule has 3 N–H and O–H groups in total. The molecule has 8 nitrogen and oxygen atoms in total. The molecule has 0 aromatic rings. The van der Waals surface area contributed by atoms with Gasteiger partial charge in [0.25, 0.3) is 0 Å². The predicted octanol–water partition coefficient (Wildman–Crippen LogP) is 23.7. The molecule has 0 heterocycles. The van der Waals surface area contributed by atoms with Crippen molar-refractivity contribution >= 4 is 13.7 Å². The van der Waals surface area contributed by atoms with E-state index in [1.807, 2.05) is 27.2 Å². The Balaban J connectivity index is 4.03. The van der Waals surface area contributed by atoms with E-state index in [1.165, 1.54) is 263 Å². The molecule has 0 aliphatic heterocycles. The predicted molar refractivity (Wildman–Crippen MR) is 373 cm³/mol. The highest BCUT2D eigenvalue weighted by atomic mass is 31.2. The standard InChI is InChI=1S/C76H143N2O6P/c1-6-8-10-12-14-16-18-20-22-24-26-28-30-32-34-36-38-39-40-42-44-46-48-50-52-54-56-58-60-62-64-66-68-70-76(80)77-74(73-84-85(81,82)83-72-71-78(3,4)5)75(79)69-67-65-63-61-59-57-55-53-51-49-47-45-43-41-37-35-33-31-29-27-25-23-21-19-17-15-13-11-9-7-2/h8,10,14,16,20,22,26,28,32,34,67,69,74-75,79H,6-7,9,11-13,15,17-19,21,23-25,27,29-31,33,35-66,68,70-73H2,1-5H3,(H-,77,80,81,82)/p+1/b10-8-,16-14-,22-20-,28-26-,34-32-,69-67+. The normalized spacial score (nSPS) is 14.0. The molecule has 0 spiro atoms. The average molecular weight is 1210 g/mol. The van der Waals surface area contributed by atoms with Crippen molar-refractivity contribution in [3.63, 3.8) is 0 Å². The summed E-state index contributed by atoms with van der Waals surface area (Å²) >= 11 is 0. The fraction of sp³-hybridized carbons (Fsp3) is 0.829. The minimum absolute atomic E-state index is 0.0612. The number of aliphatic hydroxyl groups is 1. The molecule has 85 heavy (non-hydrogen) atoms. The lowest BCUT2D eigenvalue weighted by Gasteiger charge is -2.25. The van der Waals surface area contributed by atoms with Gasteiger partial charge in [0.15, 0.2) is 0 Å². The van der Waals surface area contributed by atoms with Crippen LogP contribution in [0.3, 0.4) is 0 Å². The van der Waals surface area contributed by atoms with Gasteiger partial charge in [-0.1, -0.05) is 356 Å². The van der Waals surface area contributed by atoms with E-state index in [-0.39, 0.29) is 19.1 Å². The zero-order valence-electron chi connectivity index (χ0n) is 57.1. The lowest BCUT2D eigenvalue weighted by molar-refractivity contribution is -0.870. The van der Waals surface area contributed by atoms with Gasteiger partial charge >= 0.3 is 7.82 Å². The maximum atomic E-state index is 13.1. The van der Waals surface area contributed by atoms with Crippen LogP contribution in [0.25, 0.3) is 0 Å². The number of hydrogen-bond acceptors (Lipinski definition) is 5. The maximum Gasteiger partial charge on any atom is 0.472 e. The quantitative estimate of drug-likeness (QED) is 0.0243. The summed E-state index contributed by atoms with van der Waals surface area (Å²) in [7, 11) is 1.58. The molecule has 3 atom stereocenters. The summed E-state index contributed by atoms with van der Waals surface area (Å²) in [5.74, 6) is -0.173. The highest BCUT2D eigenvalue weighted by molar-refractivity contribution is 7.47. The Labute approximate surface area is 529 Å². The Hall–Kier alpha value is -2.06. The van der Waals surface area contributed by atoms with Crippen LogP contribution in [-0.2, 0) is 18.4 Å². The average Bonchev–Trinajstić information content (AvgIpc) is 3.49. The van der Waals surface area contributed by atoms with Crippen molar-refractivity contribution in [2.24, 2.45) is 0 Å². The van der Waals surface area contributed by atoms with Crippen molar-refractivity contribution in [3.05, 3.63) is 72.9 Å². The van der Waals surface area contributed by atoms with Crippen molar-refractivity contribution in [2.45, 2.75) is 366 Å². The van der Waals surface area contributed by atoms with Gasteiger partial charge < -0.3 is 19.8 Å². The van der Waals surface area contributed by atoms with E-state index in [0.717, 1.165) is 70.6 Å². The molecule has 0 rings (SSSR count). The van der Waals surface area contributed by atoms with E-state index < -0.39 is 20.0 Å². The van der Waals surface area contributed by atoms with E-state index in [4.69, 9.17) is 9.05 Å². The van der Waals surface area contributed by atoms with E-state index >= 15 is 0 Å². The summed E-state index contributed by atoms with van der Waals surface area (Å²) in [6, 6.07) is -0.850. The first kappa shape index (κ1) is 82.9. The van der Waals surface area contributed by atoms with Crippen molar-refractivity contribution in [1.29, 1.82) is 0 Å². The first-order valence-electron chi connectivity index (χ1n) is 36.8. The molecule has 0 bridgehead atoms. The largest absolute Gasteiger partial charge is 0.472 e. The minimum Gasteiger partial charge on any atom is -0.387 e. The van der Waals surface area contributed by atoms with E-state index in [1.54, 1.807) is 6.08 Å². The summed E-state index contributed by atoms with van der Waals surface area (Å²) in [5, 5.41) is 14.0. The number of rotatable bonds is 68. The topological polar surface area (TPSA) is 105 Å². The van der Waals surface area contributed by atoms with Crippen molar-refractivity contribution < 1.29 is 32.9 Å². The fourth-order valence-electron chi connectivity index (χ4n) is 11.0. The van der Waals surface area contributed by atoms with Crippen molar-refractivity contribution in [3.8, 4) is 0 Å². The van der Waals surface area contributed by atoms with Crippen molar-refractivity contribution in [1.82, 2.24) is 5.32 Å². The molecule has 0 radical (unpaired) electrons. The number of amides is 1. The second kappa shape index (κ2) is 66.4. The molecule has 498 valence electrons. The van der Waals surface area contributed by atoms with Crippen molar-refractivity contribution in [2.75, 3.05) is 40.9 Å². The molecule has 0 fully saturated rings.